The third-order valence-electron chi connectivity index (χ3n) is 5.64. The first-order valence-corrected chi connectivity index (χ1v) is 10.1. The van der Waals surface area contributed by atoms with Gasteiger partial charge in [0.05, 0.1) is 17.1 Å². The number of carboxylic acid groups (broad SMARTS) is 1. The summed E-state index contributed by atoms with van der Waals surface area (Å²) in [5, 5.41) is 30.2. The van der Waals surface area contributed by atoms with Crippen LogP contribution in [0.2, 0.25) is 0 Å². The molecule has 0 atom stereocenters. The van der Waals surface area contributed by atoms with Crippen molar-refractivity contribution in [1.29, 1.82) is 5.26 Å². The number of fused-ring (bicyclic) bond motifs is 1. The first kappa shape index (κ1) is 21.1. The number of nitriles is 1. The van der Waals surface area contributed by atoms with Crippen LogP contribution in [0.3, 0.4) is 0 Å². The Balaban J connectivity index is 2.16. The highest BCUT2D eigenvalue weighted by atomic mass is 19.1. The van der Waals surface area contributed by atoms with E-state index in [1.54, 1.807) is 36.4 Å². The van der Waals surface area contributed by atoms with Gasteiger partial charge in [0.1, 0.15) is 11.6 Å². The van der Waals surface area contributed by atoms with Crippen LogP contribution in [0.4, 0.5) is 4.39 Å². The highest BCUT2D eigenvalue weighted by Crippen LogP contribution is 2.46. The van der Waals surface area contributed by atoms with E-state index in [2.05, 4.69) is 6.07 Å². The zero-order chi connectivity index (χ0) is 23.0. The lowest BCUT2D eigenvalue weighted by molar-refractivity contribution is 0.0697. The van der Waals surface area contributed by atoms with Gasteiger partial charge in [-0.05, 0) is 54.1 Å². The van der Waals surface area contributed by atoms with Gasteiger partial charge in [-0.25, -0.2) is 9.18 Å². The van der Waals surface area contributed by atoms with Crippen LogP contribution in [-0.4, -0.2) is 20.7 Å². The molecule has 0 spiro atoms. The zero-order valence-corrected chi connectivity index (χ0v) is 17.6. The van der Waals surface area contributed by atoms with Gasteiger partial charge >= 0.3 is 5.97 Å². The van der Waals surface area contributed by atoms with E-state index in [9.17, 15) is 24.7 Å². The van der Waals surface area contributed by atoms with Crippen molar-refractivity contribution in [2.45, 2.75) is 25.7 Å². The predicted octanol–water partition coefficient (Wildman–Crippen LogP) is 6.03. The lowest BCUT2D eigenvalue weighted by Gasteiger charge is -2.26. The summed E-state index contributed by atoms with van der Waals surface area (Å²) >= 11 is 0. The molecule has 0 saturated heterocycles. The summed E-state index contributed by atoms with van der Waals surface area (Å²) in [5.41, 5.74) is 3.09. The second kappa shape index (κ2) is 7.86. The van der Waals surface area contributed by atoms with Gasteiger partial charge < -0.3 is 14.8 Å². The minimum absolute atomic E-state index is 0.0645. The number of aromatic carboxylic acids is 1. The van der Waals surface area contributed by atoms with E-state index in [1.165, 1.54) is 24.3 Å². The van der Waals surface area contributed by atoms with Crippen molar-refractivity contribution in [3.05, 3.63) is 83.8 Å². The van der Waals surface area contributed by atoms with Gasteiger partial charge in [0.2, 0.25) is 0 Å². The molecule has 2 N–H and O–H groups in total. The fraction of sp³-hybridized carbons (Fsp3) is 0.154. The molecule has 0 saturated carbocycles. The van der Waals surface area contributed by atoms with Crippen molar-refractivity contribution in [3.63, 3.8) is 0 Å². The molecule has 0 unspecified atom stereocenters. The molecule has 1 heterocycles. The average molecular weight is 428 g/mol. The van der Waals surface area contributed by atoms with Crippen LogP contribution in [-0.2, 0) is 5.41 Å². The number of carbonyl (C=O) groups is 1. The number of phenolic OH excluding ortho intramolecular Hbond substituents is 1. The number of halogens is 1. The van der Waals surface area contributed by atoms with Gasteiger partial charge in [0, 0.05) is 34.2 Å². The van der Waals surface area contributed by atoms with Crippen LogP contribution < -0.4 is 0 Å². The highest BCUT2D eigenvalue weighted by molar-refractivity contribution is 6.04. The maximum atomic E-state index is 13.7. The smallest absolute Gasteiger partial charge is 0.335 e. The SMILES string of the molecule is CC(C)(CC#N)c1c(-c2ccc(C(=O)O)cc2)c2c(O)cccc2n1-c1ccc(F)cc1. The third-order valence-corrected chi connectivity index (χ3v) is 5.64. The summed E-state index contributed by atoms with van der Waals surface area (Å²) in [6, 6.07) is 19.9. The van der Waals surface area contributed by atoms with E-state index in [1.807, 2.05) is 24.5 Å². The van der Waals surface area contributed by atoms with E-state index in [0.29, 0.717) is 27.7 Å². The lowest BCUT2D eigenvalue weighted by Crippen LogP contribution is -2.21. The summed E-state index contributed by atoms with van der Waals surface area (Å²) < 4.78 is 15.6. The number of benzene rings is 3. The molecule has 4 rings (SSSR count). The van der Waals surface area contributed by atoms with Crippen LogP contribution in [0.1, 0.15) is 36.3 Å². The maximum absolute atomic E-state index is 13.7. The monoisotopic (exact) mass is 428 g/mol. The second-order valence-electron chi connectivity index (χ2n) is 8.31. The molecule has 6 heteroatoms. The van der Waals surface area contributed by atoms with Crippen molar-refractivity contribution in [2.75, 3.05) is 0 Å². The summed E-state index contributed by atoms with van der Waals surface area (Å²) in [4.78, 5) is 11.3. The van der Waals surface area contributed by atoms with Gasteiger partial charge in [-0.15, -0.1) is 0 Å². The fourth-order valence-electron chi connectivity index (χ4n) is 4.16. The molecular formula is C26H21FN2O3. The summed E-state index contributed by atoms with van der Waals surface area (Å²) in [7, 11) is 0. The fourth-order valence-corrected chi connectivity index (χ4v) is 4.16. The van der Waals surface area contributed by atoms with E-state index in [4.69, 9.17) is 0 Å². The Morgan fingerprint density at radius 2 is 1.72 bits per heavy atom. The van der Waals surface area contributed by atoms with Crippen LogP contribution in [0.15, 0.2) is 66.7 Å². The highest BCUT2D eigenvalue weighted by Gasteiger charge is 2.32. The van der Waals surface area contributed by atoms with E-state index < -0.39 is 11.4 Å². The Morgan fingerprint density at radius 3 is 2.31 bits per heavy atom. The van der Waals surface area contributed by atoms with Gasteiger partial charge in [-0.2, -0.15) is 5.26 Å². The molecule has 0 fully saturated rings. The van der Waals surface area contributed by atoms with E-state index in [0.717, 1.165) is 5.69 Å². The molecule has 4 aromatic rings. The molecule has 3 aromatic carbocycles. The number of carboxylic acids is 1. The van der Waals surface area contributed by atoms with Crippen LogP contribution in [0, 0.1) is 17.1 Å². The van der Waals surface area contributed by atoms with Crippen molar-refractivity contribution >= 4 is 16.9 Å². The molecule has 0 aliphatic heterocycles. The summed E-state index contributed by atoms with van der Waals surface area (Å²) in [5.74, 6) is -1.33. The van der Waals surface area contributed by atoms with Gasteiger partial charge in [0.25, 0.3) is 0 Å². The van der Waals surface area contributed by atoms with Gasteiger partial charge in [-0.1, -0.05) is 32.0 Å². The molecule has 0 aliphatic carbocycles. The zero-order valence-electron chi connectivity index (χ0n) is 17.6. The number of nitrogens with zero attached hydrogens (tertiary/aromatic N) is 2. The van der Waals surface area contributed by atoms with E-state index in [-0.39, 0.29) is 23.6 Å². The van der Waals surface area contributed by atoms with Gasteiger partial charge in [-0.3, -0.25) is 0 Å². The Labute approximate surface area is 184 Å². The standard InChI is InChI=1S/C26H21FN2O3/c1-26(2,14-15-28)24-22(16-6-8-17(9-7-16)25(31)32)23-20(4-3-5-21(23)30)29(24)19-12-10-18(27)11-13-19/h3-13,30H,14H2,1-2H3,(H,31,32). The number of phenols is 1. The Hall–Kier alpha value is -4.11. The first-order chi connectivity index (χ1) is 15.2. The molecule has 160 valence electrons. The van der Waals surface area contributed by atoms with E-state index >= 15 is 0 Å². The number of hydrogen-bond donors (Lipinski definition) is 2. The Bertz CT molecular complexity index is 1360. The minimum Gasteiger partial charge on any atom is -0.507 e. The molecule has 1 aromatic heterocycles. The molecular weight excluding hydrogens is 407 g/mol. The predicted molar refractivity (Wildman–Crippen MR) is 121 cm³/mol. The Kier molecular flexibility index (Phi) is 5.19. The summed E-state index contributed by atoms with van der Waals surface area (Å²) in [6.45, 7) is 3.88. The molecule has 0 radical (unpaired) electrons. The number of hydrogen-bond acceptors (Lipinski definition) is 3. The molecule has 0 aliphatic rings. The first-order valence-electron chi connectivity index (χ1n) is 10.1. The maximum Gasteiger partial charge on any atom is 0.335 e. The number of rotatable bonds is 5. The summed E-state index contributed by atoms with van der Waals surface area (Å²) in [6.07, 6.45) is 0.200. The second-order valence-corrected chi connectivity index (χ2v) is 8.31. The van der Waals surface area contributed by atoms with Crippen molar-refractivity contribution in [2.24, 2.45) is 0 Å². The Morgan fingerprint density at radius 1 is 1.06 bits per heavy atom. The average Bonchev–Trinajstić information content (AvgIpc) is 3.12. The van der Waals surface area contributed by atoms with Crippen molar-refractivity contribution in [3.8, 4) is 28.6 Å². The van der Waals surface area contributed by atoms with Crippen molar-refractivity contribution < 1.29 is 19.4 Å². The topological polar surface area (TPSA) is 86.2 Å². The quantitative estimate of drug-likeness (QED) is 0.406. The number of aromatic hydroxyl groups is 1. The van der Waals surface area contributed by atoms with Gasteiger partial charge in [0.15, 0.2) is 0 Å². The largest absolute Gasteiger partial charge is 0.507 e. The molecule has 0 amide bonds. The minimum atomic E-state index is -1.03. The molecule has 32 heavy (non-hydrogen) atoms. The number of aromatic nitrogens is 1. The third kappa shape index (κ3) is 3.48. The van der Waals surface area contributed by atoms with Crippen molar-refractivity contribution in [1.82, 2.24) is 4.57 Å². The van der Waals surface area contributed by atoms with Crippen LogP contribution in [0.5, 0.6) is 5.75 Å². The normalized spacial score (nSPS) is 11.4. The molecule has 5 nitrogen and oxygen atoms in total. The van der Waals surface area contributed by atoms with Crippen LogP contribution in [0.25, 0.3) is 27.7 Å². The molecule has 0 bridgehead atoms. The van der Waals surface area contributed by atoms with Crippen LogP contribution >= 0.6 is 0 Å². The lowest BCUT2D eigenvalue weighted by atomic mass is 9.81.